The van der Waals surface area contributed by atoms with Gasteiger partial charge in [0.25, 0.3) is 5.91 Å². The van der Waals surface area contributed by atoms with Gasteiger partial charge in [-0.1, -0.05) is 0 Å². The van der Waals surface area contributed by atoms with Crippen LogP contribution in [0.15, 0.2) is 12.1 Å². The molecule has 0 aliphatic heterocycles. The summed E-state index contributed by atoms with van der Waals surface area (Å²) in [6.07, 6.45) is 2.02. The van der Waals surface area contributed by atoms with E-state index in [2.05, 4.69) is 15.5 Å². The van der Waals surface area contributed by atoms with Crippen molar-refractivity contribution in [2.24, 2.45) is 0 Å². The van der Waals surface area contributed by atoms with E-state index in [1.54, 1.807) is 17.0 Å². The first-order chi connectivity index (χ1) is 8.76. The molecule has 1 saturated carbocycles. The molecular weight excluding hydrogens is 232 g/mol. The summed E-state index contributed by atoms with van der Waals surface area (Å²) in [7, 11) is 0. The third kappa shape index (κ3) is 2.95. The maximum absolute atomic E-state index is 12.2. The van der Waals surface area contributed by atoms with Gasteiger partial charge in [0.2, 0.25) is 0 Å². The van der Waals surface area contributed by atoms with Gasteiger partial charge in [-0.3, -0.25) is 4.79 Å². The number of amides is 1. The minimum Gasteiger partial charge on any atom is -0.395 e. The summed E-state index contributed by atoms with van der Waals surface area (Å²) in [6.45, 7) is 3.07. The smallest absolute Gasteiger partial charge is 0.274 e. The molecule has 0 radical (unpaired) electrons. The monoisotopic (exact) mass is 250 g/mol. The normalized spacial score (nSPS) is 14.3. The van der Waals surface area contributed by atoms with E-state index in [1.807, 2.05) is 6.92 Å². The molecule has 0 saturated heterocycles. The lowest BCUT2D eigenvalue weighted by Gasteiger charge is -2.20. The topological polar surface area (TPSA) is 78.4 Å². The summed E-state index contributed by atoms with van der Waals surface area (Å²) in [5.41, 5.74) is 0.331. The lowest BCUT2D eigenvalue weighted by atomic mass is 10.3. The van der Waals surface area contributed by atoms with Gasteiger partial charge in [-0.05, 0) is 31.9 Å². The van der Waals surface area contributed by atoms with Crippen molar-refractivity contribution >= 4 is 11.7 Å². The lowest BCUT2D eigenvalue weighted by Crippen LogP contribution is -2.36. The largest absolute Gasteiger partial charge is 0.395 e. The highest BCUT2D eigenvalue weighted by atomic mass is 16.3. The number of hydrogen-bond donors (Lipinski definition) is 2. The number of aliphatic hydroxyl groups excluding tert-OH is 1. The average molecular weight is 250 g/mol. The van der Waals surface area contributed by atoms with Crippen LogP contribution in [-0.2, 0) is 0 Å². The van der Waals surface area contributed by atoms with Crippen molar-refractivity contribution in [1.29, 1.82) is 0 Å². The number of carbonyl (C=O) groups excluding carboxylic acids is 1. The number of nitrogens with one attached hydrogen (secondary N) is 1. The second kappa shape index (κ2) is 5.77. The van der Waals surface area contributed by atoms with Gasteiger partial charge in [-0.2, -0.15) is 0 Å². The molecule has 98 valence electrons. The molecule has 18 heavy (non-hydrogen) atoms. The quantitative estimate of drug-likeness (QED) is 0.769. The molecule has 0 spiro atoms. The summed E-state index contributed by atoms with van der Waals surface area (Å²) in [6, 6.07) is 3.67. The summed E-state index contributed by atoms with van der Waals surface area (Å²) >= 11 is 0. The average Bonchev–Trinajstić information content (AvgIpc) is 3.21. The van der Waals surface area contributed by atoms with E-state index < -0.39 is 0 Å². The number of hydrogen-bond acceptors (Lipinski definition) is 5. The van der Waals surface area contributed by atoms with Crippen LogP contribution in [0.3, 0.4) is 0 Å². The molecule has 0 unspecified atom stereocenters. The second-order valence-electron chi connectivity index (χ2n) is 4.29. The fourth-order valence-corrected chi connectivity index (χ4v) is 1.81. The van der Waals surface area contributed by atoms with Gasteiger partial charge >= 0.3 is 0 Å². The number of carbonyl (C=O) groups is 1. The number of rotatable bonds is 6. The summed E-state index contributed by atoms with van der Waals surface area (Å²) in [5.74, 6) is 0.510. The molecule has 2 rings (SSSR count). The fraction of sp³-hybridized carbons (Fsp3) is 0.583. The van der Waals surface area contributed by atoms with Gasteiger partial charge in [-0.25, -0.2) is 0 Å². The molecule has 1 aliphatic carbocycles. The molecule has 1 aromatic rings. The highest BCUT2D eigenvalue weighted by Crippen LogP contribution is 2.27. The molecule has 1 heterocycles. The van der Waals surface area contributed by atoms with Crippen LogP contribution in [0.2, 0.25) is 0 Å². The Morgan fingerprint density at radius 2 is 2.28 bits per heavy atom. The Kier molecular flexibility index (Phi) is 4.09. The molecule has 1 fully saturated rings. The van der Waals surface area contributed by atoms with E-state index in [4.69, 9.17) is 5.11 Å². The van der Waals surface area contributed by atoms with Crippen LogP contribution in [0.1, 0.15) is 30.3 Å². The fourth-order valence-electron chi connectivity index (χ4n) is 1.81. The van der Waals surface area contributed by atoms with Gasteiger partial charge < -0.3 is 15.3 Å². The minimum absolute atomic E-state index is 0.0227. The zero-order chi connectivity index (χ0) is 13.0. The Morgan fingerprint density at radius 3 is 2.78 bits per heavy atom. The Bertz CT molecular complexity index is 403. The second-order valence-corrected chi connectivity index (χ2v) is 4.29. The molecule has 0 atom stereocenters. The zero-order valence-electron chi connectivity index (χ0n) is 10.5. The van der Waals surface area contributed by atoms with Gasteiger partial charge in [0.15, 0.2) is 5.69 Å². The van der Waals surface area contributed by atoms with Crippen LogP contribution in [0, 0.1) is 0 Å². The highest BCUT2D eigenvalue weighted by molar-refractivity contribution is 5.92. The van der Waals surface area contributed by atoms with E-state index >= 15 is 0 Å². The first kappa shape index (κ1) is 12.8. The SMILES string of the molecule is CCNc1ccc(C(=O)N(CCO)C2CC2)nn1. The number of aromatic nitrogens is 2. The molecule has 1 aliphatic rings. The Hall–Kier alpha value is -1.69. The summed E-state index contributed by atoms with van der Waals surface area (Å²) in [4.78, 5) is 13.9. The van der Waals surface area contributed by atoms with Crippen molar-refractivity contribution in [2.75, 3.05) is 25.0 Å². The summed E-state index contributed by atoms with van der Waals surface area (Å²) in [5, 5.41) is 19.9. The van der Waals surface area contributed by atoms with Crippen molar-refractivity contribution in [2.45, 2.75) is 25.8 Å². The van der Waals surface area contributed by atoms with Gasteiger partial charge in [0, 0.05) is 19.1 Å². The molecule has 6 heteroatoms. The Morgan fingerprint density at radius 1 is 1.50 bits per heavy atom. The van der Waals surface area contributed by atoms with Crippen LogP contribution < -0.4 is 5.32 Å². The minimum atomic E-state index is -0.151. The van der Waals surface area contributed by atoms with E-state index in [1.165, 1.54) is 0 Å². The summed E-state index contributed by atoms with van der Waals surface area (Å²) < 4.78 is 0. The van der Waals surface area contributed by atoms with Gasteiger partial charge in [-0.15, -0.1) is 10.2 Å². The number of aliphatic hydroxyl groups is 1. The predicted molar refractivity (Wildman–Crippen MR) is 67.3 cm³/mol. The first-order valence-corrected chi connectivity index (χ1v) is 6.25. The standard InChI is InChI=1S/C12H18N4O2/c1-2-13-11-6-5-10(14-15-11)12(18)16(7-8-17)9-3-4-9/h5-6,9,17H,2-4,7-8H2,1H3,(H,13,15). The van der Waals surface area contributed by atoms with Crippen LogP contribution in [0.25, 0.3) is 0 Å². The molecular formula is C12H18N4O2. The van der Waals surface area contributed by atoms with Crippen molar-refractivity contribution in [3.05, 3.63) is 17.8 Å². The van der Waals surface area contributed by atoms with Crippen LogP contribution in [-0.4, -0.2) is 51.8 Å². The maximum atomic E-state index is 12.2. The maximum Gasteiger partial charge on any atom is 0.274 e. The highest BCUT2D eigenvalue weighted by Gasteiger charge is 2.33. The molecule has 0 bridgehead atoms. The van der Waals surface area contributed by atoms with E-state index in [0.717, 1.165) is 19.4 Å². The van der Waals surface area contributed by atoms with Crippen LogP contribution in [0.5, 0.6) is 0 Å². The predicted octanol–water partition coefficient (Wildman–Crippen LogP) is 0.505. The third-order valence-corrected chi connectivity index (χ3v) is 2.83. The van der Waals surface area contributed by atoms with Crippen molar-refractivity contribution < 1.29 is 9.90 Å². The van der Waals surface area contributed by atoms with Crippen LogP contribution in [0.4, 0.5) is 5.82 Å². The van der Waals surface area contributed by atoms with Crippen molar-refractivity contribution in [3.63, 3.8) is 0 Å². The molecule has 6 nitrogen and oxygen atoms in total. The van der Waals surface area contributed by atoms with E-state index in [-0.39, 0.29) is 18.6 Å². The van der Waals surface area contributed by atoms with Gasteiger partial charge in [0.1, 0.15) is 5.82 Å². The lowest BCUT2D eigenvalue weighted by molar-refractivity contribution is 0.0700. The van der Waals surface area contributed by atoms with Crippen molar-refractivity contribution in [1.82, 2.24) is 15.1 Å². The van der Waals surface area contributed by atoms with E-state index in [9.17, 15) is 4.79 Å². The Balaban J connectivity index is 2.06. The molecule has 0 aromatic carbocycles. The molecule has 1 amide bonds. The Labute approximate surface area is 106 Å². The molecule has 1 aromatic heterocycles. The number of nitrogens with zero attached hydrogens (tertiary/aromatic N) is 3. The van der Waals surface area contributed by atoms with E-state index in [0.29, 0.717) is 18.1 Å². The van der Waals surface area contributed by atoms with Crippen LogP contribution >= 0.6 is 0 Å². The zero-order valence-corrected chi connectivity index (χ0v) is 10.5. The first-order valence-electron chi connectivity index (χ1n) is 6.25. The van der Waals surface area contributed by atoms with Crippen molar-refractivity contribution in [3.8, 4) is 0 Å². The van der Waals surface area contributed by atoms with Gasteiger partial charge in [0.05, 0.1) is 6.61 Å². The molecule has 2 N–H and O–H groups in total. The third-order valence-electron chi connectivity index (χ3n) is 2.83. The number of anilines is 1.